The highest BCUT2D eigenvalue weighted by molar-refractivity contribution is 5.80. The summed E-state index contributed by atoms with van der Waals surface area (Å²) in [5, 5.41) is 43.6. The van der Waals surface area contributed by atoms with Crippen molar-refractivity contribution in [3.8, 4) is 0 Å². The van der Waals surface area contributed by atoms with Crippen LogP contribution >= 0.6 is 0 Å². The molecule has 0 spiro atoms. The van der Waals surface area contributed by atoms with E-state index in [4.69, 9.17) is 0 Å². The summed E-state index contributed by atoms with van der Waals surface area (Å²) in [5.41, 5.74) is 0. The average Bonchev–Trinajstić information content (AvgIpc) is 3.13. The van der Waals surface area contributed by atoms with Gasteiger partial charge in [0.1, 0.15) is 12.2 Å². The molecule has 4 atom stereocenters. The van der Waals surface area contributed by atoms with Crippen molar-refractivity contribution in [3.63, 3.8) is 0 Å². The standard InChI is InChI=1S/C45H89NO5/c1-3-5-7-9-11-13-15-17-18-19-20-21-22-23-24-25-26-27-29-31-33-35-37-39-43(49)45(51)46-41(40-47)44(50)42(48)38-36-34-32-30-28-16-14-12-10-8-6-4-2/h23-24,41-44,47-50H,3-22,25-40H2,1-2H3,(H,46,51)/b24-23-. The van der Waals surface area contributed by atoms with Crippen molar-refractivity contribution < 1.29 is 25.2 Å². The number of aliphatic hydroxyl groups is 4. The molecule has 0 aliphatic rings. The van der Waals surface area contributed by atoms with Crippen LogP contribution in [0.25, 0.3) is 0 Å². The molecule has 6 heteroatoms. The molecule has 0 aromatic rings. The lowest BCUT2D eigenvalue weighted by atomic mass is 9.99. The Kier molecular flexibility index (Phi) is 39.5. The average molecular weight is 724 g/mol. The van der Waals surface area contributed by atoms with Gasteiger partial charge in [-0.3, -0.25) is 4.79 Å². The van der Waals surface area contributed by atoms with Crippen LogP contribution in [0.5, 0.6) is 0 Å². The maximum atomic E-state index is 12.5. The fraction of sp³-hybridized carbons (Fsp3) is 0.933. The van der Waals surface area contributed by atoms with Crippen LogP contribution in [0, 0.1) is 0 Å². The predicted octanol–water partition coefficient (Wildman–Crippen LogP) is 11.8. The number of carbonyl (C=O) groups excluding carboxylic acids is 1. The second kappa shape index (κ2) is 40.2. The fourth-order valence-corrected chi connectivity index (χ4v) is 7.11. The molecule has 0 aromatic heterocycles. The van der Waals surface area contributed by atoms with Crippen molar-refractivity contribution in [2.24, 2.45) is 0 Å². The molecule has 0 aliphatic heterocycles. The Bertz CT molecular complexity index is 731. The van der Waals surface area contributed by atoms with Gasteiger partial charge in [0.25, 0.3) is 0 Å². The number of aliphatic hydroxyl groups excluding tert-OH is 4. The van der Waals surface area contributed by atoms with E-state index in [-0.39, 0.29) is 0 Å². The van der Waals surface area contributed by atoms with Crippen LogP contribution in [0.4, 0.5) is 0 Å². The third-order valence-corrected chi connectivity index (χ3v) is 10.7. The van der Waals surface area contributed by atoms with E-state index in [0.29, 0.717) is 12.8 Å². The first kappa shape index (κ1) is 50.1. The highest BCUT2D eigenvalue weighted by atomic mass is 16.3. The summed E-state index contributed by atoms with van der Waals surface area (Å²) >= 11 is 0. The van der Waals surface area contributed by atoms with Crippen LogP contribution in [0.15, 0.2) is 12.2 Å². The zero-order chi connectivity index (χ0) is 37.5. The summed E-state index contributed by atoms with van der Waals surface area (Å²) in [6.07, 6.45) is 43.9. The SMILES string of the molecule is CCCCCCCCCCCCCC/C=C\CCCCCCCCCC(O)C(=O)NC(CO)C(O)C(O)CCCCCCCCCCCCCC. The van der Waals surface area contributed by atoms with Gasteiger partial charge in [-0.15, -0.1) is 0 Å². The molecule has 0 heterocycles. The lowest BCUT2D eigenvalue weighted by molar-refractivity contribution is -0.132. The number of nitrogens with one attached hydrogen (secondary N) is 1. The molecule has 1 amide bonds. The number of hydrogen-bond acceptors (Lipinski definition) is 5. The largest absolute Gasteiger partial charge is 0.394 e. The fourth-order valence-electron chi connectivity index (χ4n) is 7.11. The van der Waals surface area contributed by atoms with Crippen LogP contribution in [-0.2, 0) is 4.79 Å². The Morgan fingerprint density at radius 2 is 0.784 bits per heavy atom. The lowest BCUT2D eigenvalue weighted by Crippen LogP contribution is -2.53. The first-order valence-corrected chi connectivity index (χ1v) is 22.6. The van der Waals surface area contributed by atoms with Crippen molar-refractivity contribution in [2.75, 3.05) is 6.61 Å². The number of carbonyl (C=O) groups is 1. The van der Waals surface area contributed by atoms with E-state index in [1.54, 1.807) is 0 Å². The molecule has 0 saturated heterocycles. The van der Waals surface area contributed by atoms with Crippen LogP contribution in [0.1, 0.15) is 239 Å². The number of rotatable bonds is 41. The van der Waals surface area contributed by atoms with Gasteiger partial charge in [-0.1, -0.05) is 212 Å². The molecule has 5 N–H and O–H groups in total. The Morgan fingerprint density at radius 3 is 1.14 bits per heavy atom. The van der Waals surface area contributed by atoms with E-state index in [1.807, 2.05) is 0 Å². The van der Waals surface area contributed by atoms with E-state index in [9.17, 15) is 25.2 Å². The maximum Gasteiger partial charge on any atom is 0.249 e. The quantitative estimate of drug-likeness (QED) is 0.0319. The van der Waals surface area contributed by atoms with Gasteiger partial charge in [0.05, 0.1) is 18.8 Å². The Balaban J connectivity index is 3.68. The number of amides is 1. The second-order valence-electron chi connectivity index (χ2n) is 15.8. The van der Waals surface area contributed by atoms with Crippen LogP contribution in [0.3, 0.4) is 0 Å². The van der Waals surface area contributed by atoms with Gasteiger partial charge in [-0.05, 0) is 38.5 Å². The highest BCUT2D eigenvalue weighted by Gasteiger charge is 2.28. The molecule has 4 unspecified atom stereocenters. The van der Waals surface area contributed by atoms with Gasteiger partial charge >= 0.3 is 0 Å². The molecule has 304 valence electrons. The zero-order valence-electron chi connectivity index (χ0n) is 34.1. The molecule has 0 aliphatic carbocycles. The lowest BCUT2D eigenvalue weighted by Gasteiger charge is -2.27. The maximum absolute atomic E-state index is 12.5. The molecule has 0 rings (SSSR count). The highest BCUT2D eigenvalue weighted by Crippen LogP contribution is 2.16. The summed E-state index contributed by atoms with van der Waals surface area (Å²) in [7, 11) is 0. The number of hydrogen-bond donors (Lipinski definition) is 5. The van der Waals surface area contributed by atoms with Crippen molar-refractivity contribution in [1.82, 2.24) is 5.32 Å². The predicted molar refractivity (Wildman–Crippen MR) is 219 cm³/mol. The summed E-state index contributed by atoms with van der Waals surface area (Å²) in [4.78, 5) is 12.5. The molecule has 0 fully saturated rings. The minimum atomic E-state index is -1.26. The van der Waals surface area contributed by atoms with Gasteiger partial charge < -0.3 is 25.7 Å². The minimum Gasteiger partial charge on any atom is -0.394 e. The van der Waals surface area contributed by atoms with E-state index in [2.05, 4.69) is 31.3 Å². The van der Waals surface area contributed by atoms with Crippen LogP contribution in [0.2, 0.25) is 0 Å². The van der Waals surface area contributed by atoms with E-state index >= 15 is 0 Å². The topological polar surface area (TPSA) is 110 Å². The molecular weight excluding hydrogens is 634 g/mol. The Morgan fingerprint density at radius 1 is 0.471 bits per heavy atom. The summed E-state index contributed by atoms with van der Waals surface area (Å²) < 4.78 is 0. The molecule has 0 saturated carbocycles. The molecule has 6 nitrogen and oxygen atoms in total. The van der Waals surface area contributed by atoms with Crippen molar-refractivity contribution in [2.45, 2.75) is 263 Å². The second-order valence-corrected chi connectivity index (χ2v) is 15.8. The van der Waals surface area contributed by atoms with Crippen molar-refractivity contribution >= 4 is 5.91 Å². The van der Waals surface area contributed by atoms with E-state index in [1.165, 1.54) is 173 Å². The zero-order valence-corrected chi connectivity index (χ0v) is 34.1. The molecule has 0 aromatic carbocycles. The van der Waals surface area contributed by atoms with Gasteiger partial charge in [0.2, 0.25) is 5.91 Å². The molecule has 0 bridgehead atoms. The first-order chi connectivity index (χ1) is 25.0. The molecular formula is C45H89NO5. The van der Waals surface area contributed by atoms with E-state index in [0.717, 1.165) is 38.5 Å². The van der Waals surface area contributed by atoms with Gasteiger partial charge in [-0.25, -0.2) is 0 Å². The third kappa shape index (κ3) is 34.6. The van der Waals surface area contributed by atoms with Crippen LogP contribution < -0.4 is 5.32 Å². The summed E-state index contributed by atoms with van der Waals surface area (Å²) in [6, 6.07) is -0.983. The van der Waals surface area contributed by atoms with Gasteiger partial charge in [-0.2, -0.15) is 0 Å². The van der Waals surface area contributed by atoms with Crippen molar-refractivity contribution in [1.29, 1.82) is 0 Å². The number of unbranched alkanes of at least 4 members (excludes halogenated alkanes) is 30. The monoisotopic (exact) mass is 724 g/mol. The van der Waals surface area contributed by atoms with E-state index < -0.39 is 36.9 Å². The van der Waals surface area contributed by atoms with Crippen LogP contribution in [-0.4, -0.2) is 57.3 Å². The molecule has 51 heavy (non-hydrogen) atoms. The van der Waals surface area contributed by atoms with Crippen molar-refractivity contribution in [3.05, 3.63) is 12.2 Å². The Hall–Kier alpha value is -0.950. The third-order valence-electron chi connectivity index (χ3n) is 10.7. The van der Waals surface area contributed by atoms with Gasteiger partial charge in [0.15, 0.2) is 0 Å². The number of allylic oxidation sites excluding steroid dienone is 2. The summed E-state index contributed by atoms with van der Waals surface area (Å²) in [5.74, 6) is -0.586. The Labute approximate surface area is 317 Å². The minimum absolute atomic E-state index is 0.367. The molecule has 0 radical (unpaired) electrons. The first-order valence-electron chi connectivity index (χ1n) is 22.6. The smallest absolute Gasteiger partial charge is 0.249 e. The van der Waals surface area contributed by atoms with Gasteiger partial charge in [0, 0.05) is 0 Å². The summed E-state index contributed by atoms with van der Waals surface area (Å²) in [6.45, 7) is 4.05. The normalized spacial score (nSPS) is 14.2.